The van der Waals surface area contributed by atoms with E-state index in [0.717, 1.165) is 44.4 Å². The minimum absolute atomic E-state index is 0. The molecule has 0 saturated heterocycles. The third-order valence-electron chi connectivity index (χ3n) is 16.1. The number of nitrogens with zero attached hydrogens (tertiary/aromatic N) is 12. The lowest BCUT2D eigenvalue weighted by atomic mass is 9.84. The van der Waals surface area contributed by atoms with Crippen LogP contribution < -0.4 is 5.73 Å². The average molecular weight is 1320 g/mol. The highest BCUT2D eigenvalue weighted by Crippen LogP contribution is 2.30. The number of benzene rings is 7. The second-order valence-electron chi connectivity index (χ2n) is 24.7. The zero-order chi connectivity index (χ0) is 70.5. The van der Waals surface area contributed by atoms with Crippen LogP contribution in [0.4, 0.5) is 0 Å². The Balaban J connectivity index is 0.000000229. The topological polar surface area (TPSA) is 351 Å². The van der Waals surface area contributed by atoms with Crippen molar-refractivity contribution < 1.29 is 34.5 Å². The summed E-state index contributed by atoms with van der Waals surface area (Å²) in [7, 11) is 0. The third-order valence-corrected chi connectivity index (χ3v) is 16.1. The highest BCUT2D eigenvalue weighted by Gasteiger charge is 2.24. The van der Waals surface area contributed by atoms with E-state index in [0.29, 0.717) is 57.2 Å². The Bertz CT molecular complexity index is 4470. The summed E-state index contributed by atoms with van der Waals surface area (Å²) in [4.78, 5) is 58.7. The van der Waals surface area contributed by atoms with Crippen LogP contribution in [0, 0.1) is 68.0 Å². The molecular formula is C76H76ClN13O7. The van der Waals surface area contributed by atoms with Crippen molar-refractivity contribution in [1.82, 2.24) is 28.7 Å². The molecule has 0 spiro atoms. The number of aliphatic hydroxyl groups is 1. The van der Waals surface area contributed by atoms with Gasteiger partial charge in [0.1, 0.15) is 24.8 Å². The van der Waals surface area contributed by atoms with Gasteiger partial charge in [-0.1, -0.05) is 135 Å². The molecule has 97 heavy (non-hydrogen) atoms. The van der Waals surface area contributed by atoms with Crippen molar-refractivity contribution in [1.29, 1.82) is 31.6 Å². The van der Waals surface area contributed by atoms with E-state index >= 15 is 0 Å². The minimum atomic E-state index is -1.41. The summed E-state index contributed by atoms with van der Waals surface area (Å²) in [6.07, 6.45) is 4.06. The van der Waals surface area contributed by atoms with Crippen molar-refractivity contribution in [2.75, 3.05) is 0 Å². The number of carbonyl (C=O) groups is 4. The fourth-order valence-corrected chi connectivity index (χ4v) is 10.2. The number of para-hydroxylation sites is 3. The lowest BCUT2D eigenvalue weighted by Crippen LogP contribution is -2.14. The maximum Gasteiger partial charge on any atom is 0.337 e. The third kappa shape index (κ3) is 20.2. The summed E-state index contributed by atoms with van der Waals surface area (Å²) in [5, 5.41) is 81.0. The van der Waals surface area contributed by atoms with Crippen LogP contribution in [0.3, 0.4) is 0 Å². The lowest BCUT2D eigenvalue weighted by molar-refractivity contribution is -0.147. The van der Waals surface area contributed by atoms with E-state index in [-0.39, 0.29) is 61.5 Å². The first kappa shape index (κ1) is 76.1. The van der Waals surface area contributed by atoms with Crippen LogP contribution >= 0.6 is 12.4 Å². The number of carbonyl (C=O) groups excluding carboxylic acids is 2. The smallest absolute Gasteiger partial charge is 0.337 e. The van der Waals surface area contributed by atoms with E-state index < -0.39 is 34.3 Å². The number of hydrogen-bond donors (Lipinski definition) is 4. The van der Waals surface area contributed by atoms with Crippen LogP contribution in [0.25, 0.3) is 33.1 Å². The number of aliphatic hydroxyl groups excluding tert-OH is 1. The van der Waals surface area contributed by atoms with Gasteiger partial charge in [-0.3, -0.25) is 14.4 Å². The van der Waals surface area contributed by atoms with Gasteiger partial charge in [-0.15, -0.1) is 12.4 Å². The molecule has 0 radical (unpaired) electrons. The van der Waals surface area contributed by atoms with Gasteiger partial charge < -0.3 is 34.8 Å². The van der Waals surface area contributed by atoms with E-state index in [2.05, 4.69) is 45.3 Å². The molecular weight excluding hydrogens is 1240 g/mol. The molecule has 0 amide bonds. The first-order valence-electron chi connectivity index (χ1n) is 30.7. The Labute approximate surface area is 570 Å². The Morgan fingerprint density at radius 1 is 0.443 bits per heavy atom. The summed E-state index contributed by atoms with van der Waals surface area (Å²) in [6, 6.07) is 61.1. The molecule has 3 heterocycles. The lowest BCUT2D eigenvalue weighted by Gasteiger charge is -2.17. The molecule has 10 rings (SSSR count). The molecule has 0 aliphatic rings. The minimum Gasteiger partial charge on any atom is -0.480 e. The molecule has 0 aliphatic carbocycles. The predicted molar refractivity (Wildman–Crippen MR) is 371 cm³/mol. The monoisotopic (exact) mass is 1320 g/mol. The summed E-state index contributed by atoms with van der Waals surface area (Å²) < 4.78 is 4.96. The molecule has 0 fully saturated rings. The second-order valence-corrected chi connectivity index (χ2v) is 24.7. The van der Waals surface area contributed by atoms with E-state index in [4.69, 9.17) is 31.6 Å². The molecule has 0 bridgehead atoms. The molecule has 0 unspecified atom stereocenters. The van der Waals surface area contributed by atoms with Crippen LogP contribution in [0.2, 0.25) is 0 Å². The van der Waals surface area contributed by atoms with Gasteiger partial charge in [0.2, 0.25) is 0 Å². The Kier molecular flexibility index (Phi) is 27.1. The Hall–Kier alpha value is -11.6. The quantitative estimate of drug-likeness (QED) is 0.0620. The number of fused-ring (bicyclic) bond motifs is 3. The van der Waals surface area contributed by atoms with Gasteiger partial charge in [0, 0.05) is 18.9 Å². The highest BCUT2D eigenvalue weighted by molar-refractivity contribution is 5.87. The molecule has 0 saturated carbocycles. The zero-order valence-electron chi connectivity index (χ0n) is 55.4. The fraction of sp³-hybridized carbons (Fsp3) is 0.276. The number of aliphatic carboxylic acids is 2. The van der Waals surface area contributed by atoms with E-state index in [1.165, 1.54) is 10.9 Å². The van der Waals surface area contributed by atoms with Gasteiger partial charge in [-0.25, -0.2) is 19.7 Å². The zero-order valence-corrected chi connectivity index (χ0v) is 56.2. The number of halogens is 1. The van der Waals surface area contributed by atoms with Gasteiger partial charge in [0.25, 0.3) is 0 Å². The number of rotatable bonds is 18. The summed E-state index contributed by atoms with van der Waals surface area (Å²) in [5.41, 5.74) is 16.4. The van der Waals surface area contributed by atoms with Crippen LogP contribution in [0.1, 0.15) is 155 Å². The number of hydrogen-bond acceptors (Lipinski definition) is 15. The van der Waals surface area contributed by atoms with Crippen LogP contribution in [-0.2, 0) is 55.1 Å². The standard InChI is InChI=1S/2C23H22N4O.C12H16N2.C10H7N3O2.C8H8O3.ClH/c2*1-16(17-7-9-19(10-8-17)23(2,3)14-25)11-20(28)13-27-15-26-21-6-4-5-18(12-24)22(21)27;1-9(14)10-4-6-11(7-5-10)12(2,3)8-13;11-4-7-2-1-3-8-10(7)13(6-12-8)5-9(14)15;9-7(8(10)11)6-4-2-1-3-5-6;/h2*4-10,15-16H,11,13H2,1-3H3;4-7,9H,14H2,1-3H3;1-3,6H,5H2,(H,14,15);1-5,7,9H,(H,10,11);1H/t2*16-;9-;;7-;/m110.0./s1. The van der Waals surface area contributed by atoms with Gasteiger partial charge in [-0.05, 0) is 136 Å². The Morgan fingerprint density at radius 2 is 0.753 bits per heavy atom. The Morgan fingerprint density at radius 3 is 1.03 bits per heavy atom. The first-order chi connectivity index (χ1) is 45.6. The normalized spacial score (nSPS) is 12.0. The number of ketones is 2. The molecule has 3 aromatic heterocycles. The van der Waals surface area contributed by atoms with Crippen LogP contribution in [0.15, 0.2) is 177 Å². The first-order valence-corrected chi connectivity index (χ1v) is 30.7. The number of nitriles is 6. The SMILES string of the molecule is C[C@H](CC(=O)Cn1cnc2cccc(C#N)c21)c1ccc(C(C)(C)C#N)cc1.C[C@H](CC(=O)Cn1cnc2cccc(C#N)c21)c1ccc(C(C)(C)C#N)cc1.C[C@H](N)c1ccc(C(C)(C)C#N)cc1.Cl.N#Cc1cccc2ncn(CC(=O)O)c12.O=C(O)[C@@H](O)c1ccccc1. The number of imidazole rings is 3. The van der Waals surface area contributed by atoms with Crippen molar-refractivity contribution in [2.45, 2.75) is 135 Å². The van der Waals surface area contributed by atoms with E-state index in [1.807, 2.05) is 153 Å². The van der Waals surface area contributed by atoms with Crippen molar-refractivity contribution >= 4 is 69.0 Å². The van der Waals surface area contributed by atoms with Crippen molar-refractivity contribution in [3.05, 3.63) is 232 Å². The number of carboxylic acid groups (broad SMARTS) is 2. The molecule has 21 heteroatoms. The van der Waals surface area contributed by atoms with Gasteiger partial charge in [0.05, 0.1) is 116 Å². The van der Waals surface area contributed by atoms with Gasteiger partial charge in [-0.2, -0.15) is 31.6 Å². The maximum absolute atomic E-state index is 12.6. The van der Waals surface area contributed by atoms with Crippen molar-refractivity contribution in [3.8, 4) is 36.4 Å². The highest BCUT2D eigenvalue weighted by atomic mass is 35.5. The van der Waals surface area contributed by atoms with Crippen LogP contribution in [0.5, 0.6) is 0 Å². The van der Waals surface area contributed by atoms with Crippen molar-refractivity contribution in [2.24, 2.45) is 5.73 Å². The van der Waals surface area contributed by atoms with Gasteiger partial charge >= 0.3 is 11.9 Å². The second kappa shape index (κ2) is 34.5. The molecule has 4 atom stereocenters. The average Bonchev–Trinajstić information content (AvgIpc) is 1.68. The molecule has 7 aromatic carbocycles. The molecule has 494 valence electrons. The van der Waals surface area contributed by atoms with E-state index in [9.17, 15) is 40.2 Å². The molecule has 10 aromatic rings. The van der Waals surface area contributed by atoms with E-state index in [1.54, 1.807) is 94.6 Å². The number of carboxylic acids is 2. The molecule has 5 N–H and O–H groups in total. The van der Waals surface area contributed by atoms with Crippen molar-refractivity contribution in [3.63, 3.8) is 0 Å². The number of Topliss-reactive ketones (excluding diaryl/α,β-unsaturated/α-hetero) is 2. The summed E-state index contributed by atoms with van der Waals surface area (Å²) in [6.45, 7) is 17.6. The number of aromatic nitrogens is 6. The maximum atomic E-state index is 12.6. The van der Waals surface area contributed by atoms with Crippen LogP contribution in [-0.4, -0.2) is 67.5 Å². The summed E-state index contributed by atoms with van der Waals surface area (Å²) in [5.74, 6) is -1.88. The fourth-order valence-electron chi connectivity index (χ4n) is 10.2. The molecule has 20 nitrogen and oxygen atoms in total. The predicted octanol–water partition coefficient (Wildman–Crippen LogP) is 13.7. The summed E-state index contributed by atoms with van der Waals surface area (Å²) >= 11 is 0. The van der Waals surface area contributed by atoms with Gasteiger partial charge in [0.15, 0.2) is 17.7 Å². The molecule has 0 aliphatic heterocycles. The number of nitrogens with two attached hydrogens (primary N) is 1. The largest absolute Gasteiger partial charge is 0.480 e.